The van der Waals surface area contributed by atoms with Crippen molar-refractivity contribution in [2.24, 2.45) is 0 Å². The molecule has 1 aromatic heterocycles. The van der Waals surface area contributed by atoms with Crippen molar-refractivity contribution in [1.29, 1.82) is 0 Å². The molecule has 138 valence electrons. The highest BCUT2D eigenvalue weighted by molar-refractivity contribution is 7.98. The minimum absolute atomic E-state index is 0.0817. The molecule has 1 aliphatic carbocycles. The molecule has 8 heteroatoms. The van der Waals surface area contributed by atoms with E-state index in [0.29, 0.717) is 12.4 Å². The van der Waals surface area contributed by atoms with Crippen LogP contribution in [0.2, 0.25) is 0 Å². The molecule has 25 heavy (non-hydrogen) atoms. The molecule has 0 radical (unpaired) electrons. The summed E-state index contributed by atoms with van der Waals surface area (Å²) < 4.78 is 5.77. The first-order chi connectivity index (χ1) is 12.1. The van der Waals surface area contributed by atoms with Crippen molar-refractivity contribution >= 4 is 23.6 Å². The molecule has 1 aliphatic rings. The molecule has 1 atom stereocenters. The molecule has 0 aliphatic heterocycles. The fourth-order valence-corrected chi connectivity index (χ4v) is 3.34. The molecule has 2 rings (SSSR count). The Hall–Kier alpha value is -1.83. The van der Waals surface area contributed by atoms with Crippen LogP contribution in [0, 0.1) is 0 Å². The van der Waals surface area contributed by atoms with Crippen LogP contribution in [0.1, 0.15) is 39.0 Å². The number of amides is 2. The van der Waals surface area contributed by atoms with Crippen molar-refractivity contribution in [1.82, 2.24) is 20.6 Å². The maximum Gasteiger partial charge on any atom is 0.316 e. The smallest absolute Gasteiger partial charge is 0.316 e. The Labute approximate surface area is 152 Å². The van der Waals surface area contributed by atoms with E-state index in [-0.39, 0.29) is 24.0 Å². The normalized spacial score (nSPS) is 21.2. The Kier molecular flexibility index (Phi) is 7.97. The lowest BCUT2D eigenvalue weighted by molar-refractivity contribution is -0.128. The molecule has 0 saturated heterocycles. The van der Waals surface area contributed by atoms with E-state index in [4.69, 9.17) is 4.74 Å². The summed E-state index contributed by atoms with van der Waals surface area (Å²) in [6, 6.07) is 1.81. The summed E-state index contributed by atoms with van der Waals surface area (Å²) >= 11 is 1.66. The Morgan fingerprint density at radius 2 is 1.96 bits per heavy atom. The predicted octanol–water partition coefficient (Wildman–Crippen LogP) is 1.54. The van der Waals surface area contributed by atoms with Gasteiger partial charge in [0, 0.05) is 25.4 Å². The number of hydrogen-bond acceptors (Lipinski definition) is 6. The lowest BCUT2D eigenvalue weighted by Crippen LogP contribution is -2.50. The van der Waals surface area contributed by atoms with Crippen molar-refractivity contribution in [3.63, 3.8) is 0 Å². The van der Waals surface area contributed by atoms with Gasteiger partial charge < -0.3 is 15.4 Å². The summed E-state index contributed by atoms with van der Waals surface area (Å²) in [4.78, 5) is 31.9. The molecule has 1 aromatic rings. The first-order valence-corrected chi connectivity index (χ1v) is 9.98. The molecule has 1 heterocycles. The molecule has 0 aromatic carbocycles. The average Bonchev–Trinajstić information content (AvgIpc) is 2.61. The maximum atomic E-state index is 12.4. The second kappa shape index (κ2) is 10.2. The van der Waals surface area contributed by atoms with Gasteiger partial charge in [-0.15, -0.1) is 0 Å². The van der Waals surface area contributed by atoms with Gasteiger partial charge in [0.1, 0.15) is 12.1 Å². The van der Waals surface area contributed by atoms with Crippen LogP contribution in [0.25, 0.3) is 0 Å². The van der Waals surface area contributed by atoms with Gasteiger partial charge in [-0.25, -0.2) is 9.97 Å². The lowest BCUT2D eigenvalue weighted by Gasteiger charge is -2.30. The predicted molar refractivity (Wildman–Crippen MR) is 97.5 cm³/mol. The van der Waals surface area contributed by atoms with Crippen LogP contribution in [0.15, 0.2) is 18.5 Å². The van der Waals surface area contributed by atoms with Crippen LogP contribution < -0.4 is 15.4 Å². The second-order valence-corrected chi connectivity index (χ2v) is 7.15. The summed E-state index contributed by atoms with van der Waals surface area (Å²) in [7, 11) is 0. The van der Waals surface area contributed by atoms with Gasteiger partial charge in [-0.05, 0) is 50.2 Å². The van der Waals surface area contributed by atoms with Gasteiger partial charge in [0.2, 0.25) is 11.8 Å². The molecule has 1 fully saturated rings. The van der Waals surface area contributed by atoms with Crippen molar-refractivity contribution in [2.45, 2.75) is 57.2 Å². The van der Waals surface area contributed by atoms with Crippen LogP contribution >= 0.6 is 11.8 Å². The Balaban J connectivity index is 1.77. The van der Waals surface area contributed by atoms with Gasteiger partial charge in [-0.1, -0.05) is 0 Å². The van der Waals surface area contributed by atoms with E-state index in [1.807, 2.05) is 6.26 Å². The van der Waals surface area contributed by atoms with Crippen LogP contribution in [-0.4, -0.2) is 52.0 Å². The molecule has 2 amide bonds. The van der Waals surface area contributed by atoms with Crippen molar-refractivity contribution in [2.75, 3.05) is 12.0 Å². The standard InChI is InChI=1S/C17H26N4O3S/c1-12(22)20-15(8-11-25-2)16(23)21-13-4-6-14(7-5-13)24-17-18-9-3-10-19-17/h3,9-10,13-15H,4-8,11H2,1-2H3,(H,20,22)(H,21,23)/t13?,14?,15-/m0/s1. The van der Waals surface area contributed by atoms with Gasteiger partial charge >= 0.3 is 6.01 Å². The fraction of sp³-hybridized carbons (Fsp3) is 0.647. The van der Waals surface area contributed by atoms with E-state index in [2.05, 4.69) is 20.6 Å². The van der Waals surface area contributed by atoms with Crippen LogP contribution in [0.3, 0.4) is 0 Å². The summed E-state index contributed by atoms with van der Waals surface area (Å²) in [6.07, 6.45) is 9.40. The van der Waals surface area contributed by atoms with Gasteiger partial charge in [0.15, 0.2) is 0 Å². The van der Waals surface area contributed by atoms with E-state index in [9.17, 15) is 9.59 Å². The van der Waals surface area contributed by atoms with Crippen molar-refractivity contribution < 1.29 is 14.3 Å². The zero-order valence-electron chi connectivity index (χ0n) is 14.7. The number of rotatable bonds is 8. The zero-order chi connectivity index (χ0) is 18.1. The minimum Gasteiger partial charge on any atom is -0.460 e. The topological polar surface area (TPSA) is 93.2 Å². The van der Waals surface area contributed by atoms with E-state index in [0.717, 1.165) is 31.4 Å². The lowest BCUT2D eigenvalue weighted by atomic mass is 9.92. The van der Waals surface area contributed by atoms with Gasteiger partial charge in [0.25, 0.3) is 0 Å². The highest BCUT2D eigenvalue weighted by atomic mass is 32.2. The molecular formula is C17H26N4O3S. The summed E-state index contributed by atoms with van der Waals surface area (Å²) in [5, 5.41) is 5.81. The first kappa shape index (κ1) is 19.5. The van der Waals surface area contributed by atoms with Crippen LogP contribution in [0.4, 0.5) is 0 Å². The highest BCUT2D eigenvalue weighted by Gasteiger charge is 2.27. The van der Waals surface area contributed by atoms with Crippen LogP contribution in [-0.2, 0) is 9.59 Å². The molecular weight excluding hydrogens is 340 g/mol. The van der Waals surface area contributed by atoms with E-state index >= 15 is 0 Å². The van der Waals surface area contributed by atoms with Gasteiger partial charge in [-0.3, -0.25) is 9.59 Å². The third kappa shape index (κ3) is 6.89. The number of carbonyl (C=O) groups excluding carboxylic acids is 2. The third-order valence-electron chi connectivity index (χ3n) is 4.14. The van der Waals surface area contributed by atoms with E-state index in [1.54, 1.807) is 30.2 Å². The van der Waals surface area contributed by atoms with E-state index < -0.39 is 6.04 Å². The first-order valence-electron chi connectivity index (χ1n) is 8.58. The Morgan fingerprint density at radius 1 is 1.28 bits per heavy atom. The third-order valence-corrected chi connectivity index (χ3v) is 4.78. The quantitative estimate of drug-likeness (QED) is 0.725. The number of nitrogens with one attached hydrogen (secondary N) is 2. The molecule has 2 N–H and O–H groups in total. The molecule has 0 bridgehead atoms. The number of nitrogens with zero attached hydrogens (tertiary/aromatic N) is 2. The number of hydrogen-bond donors (Lipinski definition) is 2. The molecule has 7 nitrogen and oxygen atoms in total. The second-order valence-electron chi connectivity index (χ2n) is 6.17. The van der Waals surface area contributed by atoms with Crippen molar-refractivity contribution in [3.05, 3.63) is 18.5 Å². The highest BCUT2D eigenvalue weighted by Crippen LogP contribution is 2.22. The number of aromatic nitrogens is 2. The molecule has 0 spiro atoms. The van der Waals surface area contributed by atoms with Crippen molar-refractivity contribution in [3.8, 4) is 6.01 Å². The number of ether oxygens (including phenoxy) is 1. The summed E-state index contributed by atoms with van der Waals surface area (Å²) in [6.45, 7) is 1.44. The van der Waals surface area contributed by atoms with Gasteiger partial charge in [0.05, 0.1) is 0 Å². The van der Waals surface area contributed by atoms with Crippen LogP contribution in [0.5, 0.6) is 6.01 Å². The minimum atomic E-state index is -0.461. The van der Waals surface area contributed by atoms with E-state index in [1.165, 1.54) is 6.92 Å². The Bertz CT molecular complexity index is 550. The maximum absolute atomic E-state index is 12.4. The summed E-state index contributed by atoms with van der Waals surface area (Å²) in [5.74, 6) is 0.553. The number of thioether (sulfide) groups is 1. The monoisotopic (exact) mass is 366 g/mol. The average molecular weight is 366 g/mol. The zero-order valence-corrected chi connectivity index (χ0v) is 15.6. The largest absolute Gasteiger partial charge is 0.460 e. The molecule has 1 saturated carbocycles. The Morgan fingerprint density at radius 3 is 2.56 bits per heavy atom. The number of carbonyl (C=O) groups is 2. The fourth-order valence-electron chi connectivity index (χ4n) is 2.87. The molecule has 0 unspecified atom stereocenters. The van der Waals surface area contributed by atoms with Gasteiger partial charge in [-0.2, -0.15) is 11.8 Å². The SMILES string of the molecule is CSCC[C@H](NC(C)=O)C(=O)NC1CCC(Oc2ncccn2)CC1. The summed E-state index contributed by atoms with van der Waals surface area (Å²) in [5.41, 5.74) is 0.